The van der Waals surface area contributed by atoms with Gasteiger partial charge < -0.3 is 4.74 Å². The van der Waals surface area contributed by atoms with E-state index in [0.717, 1.165) is 6.20 Å². The molecule has 0 saturated carbocycles. The summed E-state index contributed by atoms with van der Waals surface area (Å²) in [6.45, 7) is 0. The van der Waals surface area contributed by atoms with Gasteiger partial charge in [-0.1, -0.05) is 0 Å². The highest BCUT2D eigenvalue weighted by atomic mass is 16.6. The Hall–Kier alpha value is -2.25. The quantitative estimate of drug-likeness (QED) is 0.301. The molecule has 2 rings (SSSR count). The Balaban J connectivity index is 2.47. The molecule has 0 spiro atoms. The van der Waals surface area contributed by atoms with Crippen LogP contribution in [0.25, 0.3) is 0 Å². The van der Waals surface area contributed by atoms with Crippen molar-refractivity contribution in [3.8, 4) is 0 Å². The Labute approximate surface area is 88.9 Å². The minimum absolute atomic E-state index is 0.0980. The van der Waals surface area contributed by atoms with E-state index >= 15 is 0 Å². The van der Waals surface area contributed by atoms with Crippen LogP contribution in [0.3, 0.4) is 0 Å². The van der Waals surface area contributed by atoms with Crippen LogP contribution in [0.1, 0.15) is 18.0 Å². The summed E-state index contributed by atoms with van der Waals surface area (Å²) in [6, 6.07) is 0. The van der Waals surface area contributed by atoms with Crippen LogP contribution < -0.4 is 0 Å². The third-order valence-corrected chi connectivity index (χ3v) is 2.36. The smallest absolute Gasteiger partial charge is 0.323 e. The van der Waals surface area contributed by atoms with Crippen LogP contribution in [0.5, 0.6) is 0 Å². The molecule has 1 aromatic heterocycles. The number of ether oxygens (including phenoxy) is 1. The van der Waals surface area contributed by atoms with Gasteiger partial charge in [-0.25, -0.2) is 0 Å². The molecular formula is C8H7N3O5. The molecule has 8 nitrogen and oxygen atoms in total. The Kier molecular flexibility index (Phi) is 2.18. The molecular weight excluding hydrogens is 218 g/mol. The van der Waals surface area contributed by atoms with E-state index in [2.05, 4.69) is 9.84 Å². The molecule has 1 fully saturated rings. The van der Waals surface area contributed by atoms with Gasteiger partial charge in [-0.3, -0.25) is 24.4 Å². The Morgan fingerprint density at radius 2 is 2.31 bits per heavy atom. The van der Waals surface area contributed by atoms with Gasteiger partial charge >= 0.3 is 17.6 Å². The fourth-order valence-electron chi connectivity index (χ4n) is 1.66. The fraction of sp³-hybridized carbons (Fsp3) is 0.375. The second-order valence-corrected chi connectivity index (χ2v) is 3.35. The summed E-state index contributed by atoms with van der Waals surface area (Å²) in [6.07, 6.45) is 0.866. The van der Waals surface area contributed by atoms with Gasteiger partial charge in [0.05, 0.1) is 11.3 Å². The summed E-state index contributed by atoms with van der Waals surface area (Å²) in [5.74, 6) is -2.37. The van der Waals surface area contributed by atoms with E-state index in [9.17, 15) is 19.7 Å². The lowest BCUT2D eigenvalue weighted by molar-refractivity contribution is -0.385. The summed E-state index contributed by atoms with van der Waals surface area (Å²) in [7, 11) is 1.47. The van der Waals surface area contributed by atoms with E-state index in [0.29, 0.717) is 0 Å². The third-order valence-electron chi connectivity index (χ3n) is 2.36. The van der Waals surface area contributed by atoms with Gasteiger partial charge in [-0.2, -0.15) is 5.10 Å². The van der Waals surface area contributed by atoms with E-state index in [-0.39, 0.29) is 17.8 Å². The van der Waals surface area contributed by atoms with Gasteiger partial charge in [0.15, 0.2) is 0 Å². The number of rotatable bonds is 2. The molecule has 1 aliphatic rings. The summed E-state index contributed by atoms with van der Waals surface area (Å²) >= 11 is 0. The molecule has 16 heavy (non-hydrogen) atoms. The first-order valence-corrected chi connectivity index (χ1v) is 4.41. The van der Waals surface area contributed by atoms with Crippen molar-refractivity contribution in [3.63, 3.8) is 0 Å². The third kappa shape index (κ3) is 1.44. The molecule has 1 atom stereocenters. The Bertz CT molecular complexity index is 492. The van der Waals surface area contributed by atoms with Crippen molar-refractivity contribution in [2.24, 2.45) is 7.05 Å². The monoisotopic (exact) mass is 225 g/mol. The van der Waals surface area contributed by atoms with Gasteiger partial charge in [-0.05, 0) is 0 Å². The first-order chi connectivity index (χ1) is 7.50. The average Bonchev–Trinajstić information content (AvgIpc) is 2.69. The van der Waals surface area contributed by atoms with Crippen molar-refractivity contribution in [1.82, 2.24) is 9.78 Å². The molecule has 1 unspecified atom stereocenters. The van der Waals surface area contributed by atoms with E-state index in [1.807, 2.05) is 0 Å². The molecule has 8 heteroatoms. The number of aryl methyl sites for hydroxylation is 1. The predicted molar refractivity (Wildman–Crippen MR) is 48.3 cm³/mol. The molecule has 84 valence electrons. The maximum atomic E-state index is 11.3. The van der Waals surface area contributed by atoms with Crippen molar-refractivity contribution >= 4 is 17.6 Å². The van der Waals surface area contributed by atoms with E-state index in [4.69, 9.17) is 0 Å². The van der Waals surface area contributed by atoms with Crippen LogP contribution in [-0.2, 0) is 21.4 Å². The zero-order chi connectivity index (χ0) is 11.9. The summed E-state index contributed by atoms with van der Waals surface area (Å²) in [5, 5.41) is 14.4. The minimum Gasteiger partial charge on any atom is -0.393 e. The van der Waals surface area contributed by atoms with Crippen molar-refractivity contribution < 1.29 is 19.2 Å². The number of nitrogens with zero attached hydrogens (tertiary/aromatic N) is 3. The number of nitro groups is 1. The molecule has 0 aliphatic carbocycles. The number of carbonyl (C=O) groups excluding carboxylic acids is 2. The van der Waals surface area contributed by atoms with E-state index < -0.39 is 22.8 Å². The van der Waals surface area contributed by atoms with Crippen LogP contribution in [0.2, 0.25) is 0 Å². The second-order valence-electron chi connectivity index (χ2n) is 3.35. The first kappa shape index (κ1) is 10.3. The Morgan fingerprint density at radius 3 is 2.81 bits per heavy atom. The normalized spacial score (nSPS) is 19.9. The zero-order valence-corrected chi connectivity index (χ0v) is 8.24. The van der Waals surface area contributed by atoms with Crippen LogP contribution in [-0.4, -0.2) is 26.6 Å². The lowest BCUT2D eigenvalue weighted by atomic mass is 10.0. The van der Waals surface area contributed by atoms with Crippen molar-refractivity contribution in [2.45, 2.75) is 12.3 Å². The standard InChI is InChI=1S/C8H7N3O5/c1-10-7(5(3-9-10)11(14)15)4-2-6(12)16-8(4)13/h3-4H,2H2,1H3. The van der Waals surface area contributed by atoms with E-state index in [1.165, 1.54) is 11.7 Å². The summed E-state index contributed by atoms with van der Waals surface area (Å²) in [4.78, 5) is 32.3. The minimum atomic E-state index is -0.930. The molecule has 1 aliphatic heterocycles. The molecule has 0 bridgehead atoms. The largest absolute Gasteiger partial charge is 0.393 e. The van der Waals surface area contributed by atoms with Gasteiger partial charge in [0.1, 0.15) is 17.8 Å². The molecule has 0 N–H and O–H groups in total. The molecule has 0 radical (unpaired) electrons. The second kappa shape index (κ2) is 3.40. The molecule has 0 amide bonds. The number of hydrogen-bond donors (Lipinski definition) is 0. The zero-order valence-electron chi connectivity index (χ0n) is 8.24. The highest BCUT2D eigenvalue weighted by molar-refractivity contribution is 5.98. The molecule has 0 aromatic carbocycles. The molecule has 2 heterocycles. The number of aromatic nitrogens is 2. The first-order valence-electron chi connectivity index (χ1n) is 4.41. The maximum Gasteiger partial charge on any atom is 0.323 e. The van der Waals surface area contributed by atoms with Crippen LogP contribution in [0.15, 0.2) is 6.20 Å². The van der Waals surface area contributed by atoms with Crippen LogP contribution >= 0.6 is 0 Å². The Morgan fingerprint density at radius 1 is 1.62 bits per heavy atom. The predicted octanol–water partition coefficient (Wildman–Crippen LogP) is -0.115. The van der Waals surface area contributed by atoms with Gasteiger partial charge in [0.25, 0.3) is 0 Å². The van der Waals surface area contributed by atoms with Crippen molar-refractivity contribution in [3.05, 3.63) is 22.0 Å². The van der Waals surface area contributed by atoms with Gasteiger partial charge in [0.2, 0.25) is 0 Å². The number of carbonyl (C=O) groups is 2. The highest BCUT2D eigenvalue weighted by Gasteiger charge is 2.41. The number of cyclic esters (lactones) is 2. The number of hydrogen-bond acceptors (Lipinski definition) is 6. The maximum absolute atomic E-state index is 11.3. The van der Waals surface area contributed by atoms with Gasteiger partial charge in [0, 0.05) is 7.05 Å². The summed E-state index contributed by atoms with van der Waals surface area (Å²) in [5.41, 5.74) is -0.181. The van der Waals surface area contributed by atoms with Crippen molar-refractivity contribution in [2.75, 3.05) is 0 Å². The lowest BCUT2D eigenvalue weighted by Crippen LogP contribution is -2.12. The van der Waals surface area contributed by atoms with Crippen LogP contribution in [0.4, 0.5) is 5.69 Å². The molecule has 1 saturated heterocycles. The van der Waals surface area contributed by atoms with Gasteiger partial charge in [-0.15, -0.1) is 0 Å². The van der Waals surface area contributed by atoms with Crippen LogP contribution in [0, 0.1) is 10.1 Å². The number of esters is 2. The summed E-state index contributed by atoms with van der Waals surface area (Å²) < 4.78 is 5.56. The highest BCUT2D eigenvalue weighted by Crippen LogP contribution is 2.33. The fourth-order valence-corrected chi connectivity index (χ4v) is 1.66. The molecule has 1 aromatic rings. The van der Waals surface area contributed by atoms with Crippen molar-refractivity contribution in [1.29, 1.82) is 0 Å². The average molecular weight is 225 g/mol. The topological polar surface area (TPSA) is 104 Å². The SMILES string of the molecule is Cn1ncc([N+](=O)[O-])c1C1CC(=O)OC1=O. The van der Waals surface area contributed by atoms with E-state index in [1.54, 1.807) is 0 Å². The lowest BCUT2D eigenvalue weighted by Gasteiger charge is -2.03.